The van der Waals surface area contributed by atoms with Crippen LogP contribution in [0.3, 0.4) is 0 Å². The number of furan rings is 1. The molecule has 2 saturated carbocycles. The summed E-state index contributed by atoms with van der Waals surface area (Å²) in [5.41, 5.74) is 0. The highest BCUT2D eigenvalue weighted by Crippen LogP contribution is 2.40. The molecule has 0 unspecified atom stereocenters. The molecule has 2 aliphatic rings. The summed E-state index contributed by atoms with van der Waals surface area (Å²) in [7, 11) is 0. The van der Waals surface area contributed by atoms with Crippen LogP contribution >= 0.6 is 11.8 Å². The molecule has 1 amide bonds. The third-order valence-corrected chi connectivity index (χ3v) is 6.10. The van der Waals surface area contributed by atoms with Gasteiger partial charge in [0, 0.05) is 12.0 Å². The molecule has 0 atom stereocenters. The van der Waals surface area contributed by atoms with E-state index < -0.39 is 0 Å². The van der Waals surface area contributed by atoms with E-state index in [1.165, 1.54) is 50.3 Å². The van der Waals surface area contributed by atoms with Gasteiger partial charge in [-0.3, -0.25) is 9.36 Å². The Hall–Kier alpha value is -1.76. The van der Waals surface area contributed by atoms with Gasteiger partial charge in [-0.25, -0.2) is 0 Å². The molecule has 4 rings (SSSR count). The summed E-state index contributed by atoms with van der Waals surface area (Å²) in [6, 6.07) is 4.20. The number of aromatic nitrogens is 3. The van der Waals surface area contributed by atoms with E-state index in [1.807, 2.05) is 12.1 Å². The molecule has 1 N–H and O–H groups in total. The van der Waals surface area contributed by atoms with Gasteiger partial charge in [0.25, 0.3) is 0 Å². The highest BCUT2D eigenvalue weighted by atomic mass is 32.2. The summed E-state index contributed by atoms with van der Waals surface area (Å²) in [5, 5.41) is 12.7. The second-order valence-electron chi connectivity index (χ2n) is 7.33. The van der Waals surface area contributed by atoms with Gasteiger partial charge >= 0.3 is 0 Å². The smallest absolute Gasteiger partial charge is 0.230 e. The minimum absolute atomic E-state index is 0.0995. The summed E-state index contributed by atoms with van der Waals surface area (Å²) in [6.07, 6.45) is 11.3. The van der Waals surface area contributed by atoms with Gasteiger partial charge in [-0.15, -0.1) is 10.2 Å². The van der Waals surface area contributed by atoms with Crippen molar-refractivity contribution in [3.05, 3.63) is 30.0 Å². The van der Waals surface area contributed by atoms with E-state index in [0.29, 0.717) is 24.3 Å². The highest BCUT2D eigenvalue weighted by Gasteiger charge is 2.31. The highest BCUT2D eigenvalue weighted by molar-refractivity contribution is 7.99. The van der Waals surface area contributed by atoms with Crippen LogP contribution in [0.1, 0.15) is 68.9 Å². The fourth-order valence-corrected chi connectivity index (χ4v) is 4.34. The minimum atomic E-state index is 0.0995. The molecule has 2 aromatic rings. The van der Waals surface area contributed by atoms with Crippen LogP contribution in [0.25, 0.3) is 0 Å². The van der Waals surface area contributed by atoms with Gasteiger partial charge in [0.05, 0.1) is 18.6 Å². The van der Waals surface area contributed by atoms with E-state index in [1.54, 1.807) is 6.26 Å². The lowest BCUT2D eigenvalue weighted by atomic mass is 10.1. The lowest BCUT2D eigenvalue weighted by molar-refractivity contribution is -0.119. The molecule has 7 heteroatoms. The van der Waals surface area contributed by atoms with Gasteiger partial charge in [0.1, 0.15) is 11.6 Å². The Labute approximate surface area is 158 Å². The van der Waals surface area contributed by atoms with Gasteiger partial charge in [0.2, 0.25) is 5.91 Å². The van der Waals surface area contributed by atoms with Crippen molar-refractivity contribution in [3.63, 3.8) is 0 Å². The molecule has 6 nitrogen and oxygen atoms in total. The SMILES string of the molecule is O=C(CSc1nnc(C2CC2)n1Cc1ccco1)NC1CCCCCC1. The molecular weight excluding hydrogens is 348 g/mol. The van der Waals surface area contributed by atoms with Crippen LogP contribution in [0, 0.1) is 0 Å². The quantitative estimate of drug-likeness (QED) is 0.590. The van der Waals surface area contributed by atoms with E-state index in [9.17, 15) is 4.79 Å². The molecule has 2 heterocycles. The topological polar surface area (TPSA) is 73.0 Å². The number of rotatable bonds is 7. The van der Waals surface area contributed by atoms with Crippen LogP contribution in [-0.4, -0.2) is 32.5 Å². The van der Waals surface area contributed by atoms with Crippen LogP contribution in [0.15, 0.2) is 28.0 Å². The molecule has 0 bridgehead atoms. The standard InChI is InChI=1S/C19H26N4O2S/c24-17(20-15-6-3-1-2-4-7-15)13-26-19-22-21-18(14-9-10-14)23(19)12-16-8-5-11-25-16/h5,8,11,14-15H,1-4,6-7,9-10,12-13H2,(H,20,24). The first-order chi connectivity index (χ1) is 12.8. The third-order valence-electron chi connectivity index (χ3n) is 5.13. The predicted octanol–water partition coefficient (Wildman–Crippen LogP) is 3.73. The lowest BCUT2D eigenvalue weighted by Crippen LogP contribution is -2.35. The van der Waals surface area contributed by atoms with Gasteiger partial charge in [-0.05, 0) is 37.8 Å². The summed E-state index contributed by atoms with van der Waals surface area (Å²) in [6.45, 7) is 0.623. The molecular formula is C19H26N4O2S. The van der Waals surface area contributed by atoms with Crippen molar-refractivity contribution in [3.8, 4) is 0 Å². The Bertz CT molecular complexity index is 716. The van der Waals surface area contributed by atoms with Gasteiger partial charge in [0.15, 0.2) is 5.16 Å². The van der Waals surface area contributed by atoms with Gasteiger partial charge in [-0.1, -0.05) is 37.4 Å². The Morgan fingerprint density at radius 3 is 2.69 bits per heavy atom. The fraction of sp³-hybridized carbons (Fsp3) is 0.632. The molecule has 140 valence electrons. The zero-order chi connectivity index (χ0) is 17.8. The Morgan fingerprint density at radius 2 is 2.00 bits per heavy atom. The number of hydrogen-bond acceptors (Lipinski definition) is 5. The summed E-state index contributed by atoms with van der Waals surface area (Å²) < 4.78 is 7.60. The van der Waals surface area contributed by atoms with Crippen molar-refractivity contribution in [2.24, 2.45) is 0 Å². The van der Waals surface area contributed by atoms with Crippen molar-refractivity contribution < 1.29 is 9.21 Å². The molecule has 0 radical (unpaired) electrons. The van der Waals surface area contributed by atoms with Crippen LogP contribution in [0.5, 0.6) is 0 Å². The Balaban J connectivity index is 1.37. The van der Waals surface area contributed by atoms with Crippen molar-refractivity contribution in [2.45, 2.75) is 75.0 Å². The number of nitrogens with one attached hydrogen (secondary N) is 1. The second kappa shape index (κ2) is 8.29. The minimum Gasteiger partial charge on any atom is -0.467 e. The molecule has 0 spiro atoms. The van der Waals surface area contributed by atoms with Crippen LogP contribution in [-0.2, 0) is 11.3 Å². The van der Waals surface area contributed by atoms with Crippen LogP contribution in [0.2, 0.25) is 0 Å². The first-order valence-corrected chi connectivity index (χ1v) is 10.7. The first-order valence-electron chi connectivity index (χ1n) is 9.67. The number of nitrogens with zero attached hydrogens (tertiary/aromatic N) is 3. The lowest BCUT2D eigenvalue weighted by Gasteiger charge is -2.16. The van der Waals surface area contributed by atoms with Crippen LogP contribution in [0.4, 0.5) is 0 Å². The molecule has 0 saturated heterocycles. The maximum atomic E-state index is 12.4. The normalized spacial score (nSPS) is 18.6. The number of hydrogen-bond donors (Lipinski definition) is 1. The van der Waals surface area contributed by atoms with Crippen molar-refractivity contribution in [2.75, 3.05) is 5.75 Å². The van der Waals surface area contributed by atoms with E-state index in [4.69, 9.17) is 4.42 Å². The Kier molecular flexibility index (Phi) is 5.62. The largest absolute Gasteiger partial charge is 0.467 e. The number of carbonyl (C=O) groups is 1. The van der Waals surface area contributed by atoms with E-state index >= 15 is 0 Å². The molecule has 0 aliphatic heterocycles. The average Bonchev–Trinajstić information content (AvgIpc) is 3.30. The van der Waals surface area contributed by atoms with Gasteiger partial charge in [-0.2, -0.15) is 0 Å². The molecule has 0 aromatic carbocycles. The second-order valence-corrected chi connectivity index (χ2v) is 8.27. The molecule has 2 aliphatic carbocycles. The maximum absolute atomic E-state index is 12.4. The molecule has 2 fully saturated rings. The molecule has 26 heavy (non-hydrogen) atoms. The van der Waals surface area contributed by atoms with E-state index in [0.717, 1.165) is 29.6 Å². The number of amides is 1. The average molecular weight is 375 g/mol. The number of carbonyl (C=O) groups excluding carboxylic acids is 1. The van der Waals surface area contributed by atoms with Crippen molar-refractivity contribution >= 4 is 17.7 Å². The van der Waals surface area contributed by atoms with Crippen molar-refractivity contribution in [1.82, 2.24) is 20.1 Å². The molecule has 2 aromatic heterocycles. The predicted molar refractivity (Wildman–Crippen MR) is 100 cm³/mol. The zero-order valence-electron chi connectivity index (χ0n) is 15.0. The van der Waals surface area contributed by atoms with Crippen LogP contribution < -0.4 is 5.32 Å². The summed E-state index contributed by atoms with van der Waals surface area (Å²) in [4.78, 5) is 12.4. The number of thioether (sulfide) groups is 1. The van der Waals surface area contributed by atoms with Gasteiger partial charge < -0.3 is 9.73 Å². The first kappa shape index (κ1) is 17.6. The fourth-order valence-electron chi connectivity index (χ4n) is 3.58. The summed E-state index contributed by atoms with van der Waals surface area (Å²) in [5.74, 6) is 2.90. The van der Waals surface area contributed by atoms with E-state index in [-0.39, 0.29) is 5.91 Å². The van der Waals surface area contributed by atoms with Crippen molar-refractivity contribution in [1.29, 1.82) is 0 Å². The van der Waals surface area contributed by atoms with E-state index in [2.05, 4.69) is 20.1 Å². The third kappa shape index (κ3) is 4.50. The Morgan fingerprint density at radius 1 is 1.19 bits per heavy atom. The summed E-state index contributed by atoms with van der Waals surface area (Å²) >= 11 is 1.47. The zero-order valence-corrected chi connectivity index (χ0v) is 15.8. The monoisotopic (exact) mass is 374 g/mol. The maximum Gasteiger partial charge on any atom is 0.230 e.